The lowest BCUT2D eigenvalue weighted by Crippen LogP contribution is -2.12. The van der Waals surface area contributed by atoms with Crippen LogP contribution in [0.1, 0.15) is 12.5 Å². The summed E-state index contributed by atoms with van der Waals surface area (Å²) >= 11 is 0. The van der Waals surface area contributed by atoms with Gasteiger partial charge in [-0.05, 0) is 54.4 Å². The molecule has 0 radical (unpaired) electrons. The number of sulfonamides is 1. The monoisotopic (exact) mass is 405 g/mol. The summed E-state index contributed by atoms with van der Waals surface area (Å²) in [6.07, 6.45) is 0.852. The molecule has 4 aromatic rings. The molecule has 0 atom stereocenters. The van der Waals surface area contributed by atoms with Crippen LogP contribution in [0.5, 0.6) is 0 Å². The Bertz CT molecular complexity index is 1220. The van der Waals surface area contributed by atoms with Gasteiger partial charge in [0.25, 0.3) is 10.0 Å². The number of anilines is 1. The van der Waals surface area contributed by atoms with E-state index in [4.69, 9.17) is 4.42 Å². The Kier molecular flexibility index (Phi) is 5.14. The normalized spacial score (nSPS) is 11.3. The van der Waals surface area contributed by atoms with E-state index in [0.717, 1.165) is 17.5 Å². The zero-order valence-corrected chi connectivity index (χ0v) is 16.6. The Morgan fingerprint density at radius 2 is 1.48 bits per heavy atom. The largest absolute Gasteiger partial charge is 0.416 e. The third-order valence-electron chi connectivity index (χ3n) is 4.45. The Morgan fingerprint density at radius 1 is 0.828 bits per heavy atom. The molecular weight excluding hydrogens is 386 g/mol. The Hall–Kier alpha value is -3.45. The third kappa shape index (κ3) is 4.20. The molecule has 7 heteroatoms. The fourth-order valence-electron chi connectivity index (χ4n) is 2.87. The van der Waals surface area contributed by atoms with Crippen molar-refractivity contribution in [1.82, 2.24) is 10.2 Å². The molecule has 29 heavy (non-hydrogen) atoms. The number of aromatic nitrogens is 2. The molecule has 1 aromatic heterocycles. The van der Waals surface area contributed by atoms with Crippen LogP contribution in [0.2, 0.25) is 0 Å². The van der Waals surface area contributed by atoms with E-state index in [1.807, 2.05) is 49.4 Å². The van der Waals surface area contributed by atoms with Crippen LogP contribution < -0.4 is 4.72 Å². The van der Waals surface area contributed by atoms with Crippen LogP contribution in [0, 0.1) is 0 Å². The summed E-state index contributed by atoms with van der Waals surface area (Å²) in [5.74, 6) is 0.722. The Morgan fingerprint density at radius 3 is 2.17 bits per heavy atom. The fourth-order valence-corrected chi connectivity index (χ4v) is 3.92. The van der Waals surface area contributed by atoms with Gasteiger partial charge in [-0.15, -0.1) is 10.2 Å². The maximum absolute atomic E-state index is 12.7. The average molecular weight is 405 g/mol. The van der Waals surface area contributed by atoms with E-state index in [9.17, 15) is 8.42 Å². The molecular formula is C22H19N3O3S. The first-order valence-corrected chi connectivity index (χ1v) is 10.6. The molecule has 0 unspecified atom stereocenters. The van der Waals surface area contributed by atoms with Crippen LogP contribution in [0.4, 0.5) is 5.69 Å². The van der Waals surface area contributed by atoms with Crippen molar-refractivity contribution in [2.24, 2.45) is 0 Å². The second kappa shape index (κ2) is 7.89. The van der Waals surface area contributed by atoms with E-state index in [1.54, 1.807) is 36.4 Å². The summed E-state index contributed by atoms with van der Waals surface area (Å²) < 4.78 is 33.7. The molecule has 3 aromatic carbocycles. The van der Waals surface area contributed by atoms with Crippen LogP contribution in [-0.4, -0.2) is 18.6 Å². The van der Waals surface area contributed by atoms with Gasteiger partial charge in [0, 0.05) is 16.8 Å². The maximum atomic E-state index is 12.7. The van der Waals surface area contributed by atoms with Crippen LogP contribution >= 0.6 is 0 Å². The summed E-state index contributed by atoms with van der Waals surface area (Å²) in [7, 11) is -3.69. The number of benzene rings is 3. The summed E-state index contributed by atoms with van der Waals surface area (Å²) in [5.41, 5.74) is 2.94. The molecule has 0 amide bonds. The average Bonchev–Trinajstić information content (AvgIpc) is 3.25. The third-order valence-corrected chi connectivity index (χ3v) is 5.85. The minimum Gasteiger partial charge on any atom is -0.416 e. The van der Waals surface area contributed by atoms with Crippen molar-refractivity contribution in [3.05, 3.63) is 84.4 Å². The molecule has 0 saturated heterocycles. The molecule has 1 heterocycles. The minimum atomic E-state index is -3.69. The predicted molar refractivity (Wildman–Crippen MR) is 112 cm³/mol. The number of hydrogen-bond donors (Lipinski definition) is 1. The van der Waals surface area contributed by atoms with Crippen molar-refractivity contribution in [3.8, 4) is 22.9 Å². The van der Waals surface area contributed by atoms with Crippen molar-refractivity contribution in [2.45, 2.75) is 18.2 Å². The first kappa shape index (κ1) is 18.9. The molecule has 0 fully saturated rings. The van der Waals surface area contributed by atoms with E-state index < -0.39 is 10.0 Å². The van der Waals surface area contributed by atoms with E-state index in [1.165, 1.54) is 0 Å². The SMILES string of the molecule is CCc1ccc(S(=O)(=O)Nc2cccc(-c3nnc(-c4ccccc4)o3)c2)cc1. The van der Waals surface area contributed by atoms with Crippen molar-refractivity contribution in [1.29, 1.82) is 0 Å². The van der Waals surface area contributed by atoms with Crippen LogP contribution in [0.15, 0.2) is 88.2 Å². The second-order valence-corrected chi connectivity index (χ2v) is 8.14. The number of hydrogen-bond acceptors (Lipinski definition) is 5. The van der Waals surface area contributed by atoms with E-state index in [2.05, 4.69) is 14.9 Å². The van der Waals surface area contributed by atoms with Gasteiger partial charge in [-0.3, -0.25) is 4.72 Å². The highest BCUT2D eigenvalue weighted by atomic mass is 32.2. The Labute approximate surface area is 169 Å². The van der Waals surface area contributed by atoms with Crippen molar-refractivity contribution in [2.75, 3.05) is 4.72 Å². The first-order valence-electron chi connectivity index (χ1n) is 9.16. The molecule has 146 valence electrons. The summed E-state index contributed by atoms with van der Waals surface area (Å²) in [6.45, 7) is 2.02. The molecule has 1 N–H and O–H groups in total. The first-order chi connectivity index (χ1) is 14.0. The van der Waals surface area contributed by atoms with Crippen molar-refractivity contribution < 1.29 is 12.8 Å². The molecule has 0 saturated carbocycles. The van der Waals surface area contributed by atoms with Gasteiger partial charge in [0.05, 0.1) is 4.90 Å². The quantitative estimate of drug-likeness (QED) is 0.500. The summed E-state index contributed by atoms with van der Waals surface area (Å²) in [4.78, 5) is 0.212. The molecule has 0 aliphatic rings. The van der Waals surface area contributed by atoms with Crippen LogP contribution in [-0.2, 0) is 16.4 Å². The van der Waals surface area contributed by atoms with Crippen LogP contribution in [0.3, 0.4) is 0 Å². The predicted octanol–water partition coefficient (Wildman–Crippen LogP) is 4.77. The second-order valence-electron chi connectivity index (χ2n) is 6.46. The smallest absolute Gasteiger partial charge is 0.261 e. The maximum Gasteiger partial charge on any atom is 0.261 e. The number of rotatable bonds is 6. The van der Waals surface area contributed by atoms with E-state index >= 15 is 0 Å². The summed E-state index contributed by atoms with van der Waals surface area (Å²) in [6, 6.07) is 23.2. The number of nitrogens with zero attached hydrogens (tertiary/aromatic N) is 2. The zero-order chi connectivity index (χ0) is 20.3. The van der Waals surface area contributed by atoms with Gasteiger partial charge < -0.3 is 4.42 Å². The number of aryl methyl sites for hydroxylation is 1. The number of nitrogens with one attached hydrogen (secondary N) is 1. The highest BCUT2D eigenvalue weighted by Crippen LogP contribution is 2.26. The van der Waals surface area contributed by atoms with Crippen LogP contribution in [0.25, 0.3) is 22.9 Å². The highest BCUT2D eigenvalue weighted by Gasteiger charge is 2.16. The molecule has 0 bridgehead atoms. The van der Waals surface area contributed by atoms with E-state index in [0.29, 0.717) is 23.0 Å². The lowest BCUT2D eigenvalue weighted by molar-refractivity contribution is 0.584. The summed E-state index contributed by atoms with van der Waals surface area (Å²) in [5, 5.41) is 8.16. The van der Waals surface area contributed by atoms with Gasteiger partial charge in [0.2, 0.25) is 11.8 Å². The van der Waals surface area contributed by atoms with Crippen molar-refractivity contribution in [3.63, 3.8) is 0 Å². The van der Waals surface area contributed by atoms with Gasteiger partial charge in [-0.2, -0.15) is 0 Å². The van der Waals surface area contributed by atoms with Crippen molar-refractivity contribution >= 4 is 15.7 Å². The van der Waals surface area contributed by atoms with Gasteiger partial charge in [0.1, 0.15) is 0 Å². The molecule has 6 nitrogen and oxygen atoms in total. The van der Waals surface area contributed by atoms with Gasteiger partial charge in [0.15, 0.2) is 0 Å². The Balaban J connectivity index is 1.58. The molecule has 0 aliphatic heterocycles. The van der Waals surface area contributed by atoms with Gasteiger partial charge in [-0.1, -0.05) is 43.3 Å². The van der Waals surface area contributed by atoms with E-state index in [-0.39, 0.29) is 4.90 Å². The lowest BCUT2D eigenvalue weighted by Gasteiger charge is -2.09. The molecule has 4 rings (SSSR count). The van der Waals surface area contributed by atoms with Gasteiger partial charge >= 0.3 is 0 Å². The van der Waals surface area contributed by atoms with Gasteiger partial charge in [-0.25, -0.2) is 8.42 Å². The fraction of sp³-hybridized carbons (Fsp3) is 0.0909. The lowest BCUT2D eigenvalue weighted by atomic mass is 10.2. The molecule has 0 aliphatic carbocycles. The molecule has 0 spiro atoms. The highest BCUT2D eigenvalue weighted by molar-refractivity contribution is 7.92. The topological polar surface area (TPSA) is 85.1 Å². The zero-order valence-electron chi connectivity index (χ0n) is 15.7. The standard InChI is InChI=1S/C22H19N3O3S/c1-2-16-11-13-20(14-12-16)29(26,27)25-19-10-6-9-18(15-19)22-24-23-21(28-22)17-7-4-3-5-8-17/h3-15,25H,2H2,1H3. The minimum absolute atomic E-state index is 0.212.